The Kier molecular flexibility index (Phi) is 5.11. The minimum atomic E-state index is -0.660. The van der Waals surface area contributed by atoms with Crippen LogP contribution in [0.4, 0.5) is 5.69 Å². The van der Waals surface area contributed by atoms with Gasteiger partial charge in [0.25, 0.3) is 5.56 Å². The maximum atomic E-state index is 12.7. The van der Waals surface area contributed by atoms with Gasteiger partial charge in [0.1, 0.15) is 18.3 Å². The fourth-order valence-corrected chi connectivity index (χ4v) is 3.03. The summed E-state index contributed by atoms with van der Waals surface area (Å²) in [6.07, 6.45) is 1.26. The van der Waals surface area contributed by atoms with E-state index < -0.39 is 17.3 Å². The van der Waals surface area contributed by atoms with Crippen LogP contribution in [0.3, 0.4) is 0 Å². The molecule has 1 N–H and O–H groups in total. The third-order valence-electron chi connectivity index (χ3n) is 4.56. The minimum absolute atomic E-state index is 0.200. The van der Waals surface area contributed by atoms with Crippen molar-refractivity contribution in [3.8, 4) is 5.75 Å². The average Bonchev–Trinajstić information content (AvgIpc) is 2.66. The Morgan fingerprint density at radius 1 is 1.15 bits per heavy atom. The molecule has 1 atom stereocenters. The number of H-pyrrole nitrogens is 1. The van der Waals surface area contributed by atoms with Crippen LogP contribution in [-0.4, -0.2) is 52.5 Å². The lowest BCUT2D eigenvalue weighted by Crippen LogP contribution is -2.58. The van der Waals surface area contributed by atoms with Crippen molar-refractivity contribution in [1.82, 2.24) is 14.5 Å². The first kappa shape index (κ1) is 18.4. The number of hydrogen-bond donors (Lipinski definition) is 1. The van der Waals surface area contributed by atoms with Crippen LogP contribution in [-0.2, 0) is 16.1 Å². The number of aromatic amines is 1. The van der Waals surface area contributed by atoms with Crippen molar-refractivity contribution in [2.24, 2.45) is 0 Å². The van der Waals surface area contributed by atoms with Crippen molar-refractivity contribution in [3.63, 3.8) is 0 Å². The SMILES string of the molecule is COc1ccc(N2CCN(C(=O)Cn3ccc(=O)[nH]c3=O)C(C)C2=O)cc1. The molecule has 1 aliphatic rings. The van der Waals surface area contributed by atoms with Crippen molar-refractivity contribution in [1.29, 1.82) is 0 Å². The predicted octanol–water partition coefficient (Wildman–Crippen LogP) is -0.191. The molecule has 2 aromatic rings. The second-order valence-electron chi connectivity index (χ2n) is 6.19. The molecule has 0 saturated carbocycles. The van der Waals surface area contributed by atoms with Crippen LogP contribution in [0.25, 0.3) is 0 Å². The molecular formula is C18H20N4O5. The van der Waals surface area contributed by atoms with Gasteiger partial charge in [0.15, 0.2) is 0 Å². The van der Waals surface area contributed by atoms with Crippen LogP contribution in [0.5, 0.6) is 5.75 Å². The van der Waals surface area contributed by atoms with E-state index in [0.29, 0.717) is 18.8 Å². The number of benzene rings is 1. The van der Waals surface area contributed by atoms with E-state index in [1.807, 2.05) is 0 Å². The number of hydrogen-bond acceptors (Lipinski definition) is 5. The first-order valence-electron chi connectivity index (χ1n) is 8.45. The Morgan fingerprint density at radius 3 is 2.48 bits per heavy atom. The molecule has 2 heterocycles. The summed E-state index contributed by atoms with van der Waals surface area (Å²) < 4.78 is 6.23. The number of carbonyl (C=O) groups is 2. The highest BCUT2D eigenvalue weighted by atomic mass is 16.5. The van der Waals surface area contributed by atoms with Crippen molar-refractivity contribution in [2.45, 2.75) is 19.5 Å². The van der Waals surface area contributed by atoms with E-state index in [1.54, 1.807) is 43.2 Å². The van der Waals surface area contributed by atoms with Gasteiger partial charge in [-0.3, -0.25) is 23.9 Å². The summed E-state index contributed by atoms with van der Waals surface area (Å²) in [6, 6.07) is 7.64. The third kappa shape index (κ3) is 3.76. The number of methoxy groups -OCH3 is 1. The number of amides is 2. The number of rotatable bonds is 4. The van der Waals surface area contributed by atoms with E-state index in [9.17, 15) is 19.2 Å². The molecule has 1 aromatic carbocycles. The lowest BCUT2D eigenvalue weighted by atomic mass is 10.1. The molecule has 1 fully saturated rings. The van der Waals surface area contributed by atoms with E-state index in [1.165, 1.54) is 17.2 Å². The summed E-state index contributed by atoms with van der Waals surface area (Å²) in [6.45, 7) is 2.11. The second kappa shape index (κ2) is 7.48. The van der Waals surface area contributed by atoms with Crippen molar-refractivity contribution >= 4 is 17.5 Å². The highest BCUT2D eigenvalue weighted by Crippen LogP contribution is 2.23. The van der Waals surface area contributed by atoms with Gasteiger partial charge in [-0.05, 0) is 31.2 Å². The van der Waals surface area contributed by atoms with Gasteiger partial charge in [-0.25, -0.2) is 4.79 Å². The van der Waals surface area contributed by atoms with Crippen LogP contribution in [0.15, 0.2) is 46.1 Å². The van der Waals surface area contributed by atoms with Crippen LogP contribution in [0.1, 0.15) is 6.92 Å². The van der Waals surface area contributed by atoms with Gasteiger partial charge < -0.3 is 14.5 Å². The number of anilines is 1. The quantitative estimate of drug-likeness (QED) is 0.801. The first-order chi connectivity index (χ1) is 12.9. The summed E-state index contributed by atoms with van der Waals surface area (Å²) >= 11 is 0. The molecule has 142 valence electrons. The molecule has 3 rings (SSSR count). The van der Waals surface area contributed by atoms with E-state index >= 15 is 0 Å². The van der Waals surface area contributed by atoms with Crippen LogP contribution in [0.2, 0.25) is 0 Å². The highest BCUT2D eigenvalue weighted by Gasteiger charge is 2.35. The van der Waals surface area contributed by atoms with E-state index in [4.69, 9.17) is 4.74 Å². The van der Waals surface area contributed by atoms with Gasteiger partial charge in [0, 0.05) is 31.0 Å². The lowest BCUT2D eigenvalue weighted by Gasteiger charge is -2.39. The number of nitrogens with one attached hydrogen (secondary N) is 1. The summed E-state index contributed by atoms with van der Waals surface area (Å²) in [7, 11) is 1.57. The largest absolute Gasteiger partial charge is 0.497 e. The van der Waals surface area contributed by atoms with E-state index in [0.717, 1.165) is 10.3 Å². The van der Waals surface area contributed by atoms with Crippen molar-refractivity contribution in [2.75, 3.05) is 25.1 Å². The molecular weight excluding hydrogens is 352 g/mol. The molecule has 0 aliphatic carbocycles. The van der Waals surface area contributed by atoms with Gasteiger partial charge in [-0.1, -0.05) is 0 Å². The summed E-state index contributed by atoms with van der Waals surface area (Å²) in [5.74, 6) is 0.132. The summed E-state index contributed by atoms with van der Waals surface area (Å²) in [5, 5.41) is 0. The van der Waals surface area contributed by atoms with Crippen LogP contribution >= 0.6 is 0 Å². The molecule has 1 unspecified atom stereocenters. The normalized spacial score (nSPS) is 17.1. The van der Waals surface area contributed by atoms with Crippen LogP contribution < -0.4 is 20.9 Å². The van der Waals surface area contributed by atoms with Gasteiger partial charge in [-0.2, -0.15) is 0 Å². The van der Waals surface area contributed by atoms with Crippen molar-refractivity contribution < 1.29 is 14.3 Å². The van der Waals surface area contributed by atoms with Gasteiger partial charge in [0.2, 0.25) is 11.8 Å². The van der Waals surface area contributed by atoms with E-state index in [-0.39, 0.29) is 18.4 Å². The third-order valence-corrected chi connectivity index (χ3v) is 4.56. The maximum absolute atomic E-state index is 12.7. The fourth-order valence-electron chi connectivity index (χ4n) is 3.03. The fraction of sp³-hybridized carbons (Fsp3) is 0.333. The smallest absolute Gasteiger partial charge is 0.328 e. The Bertz CT molecular complexity index is 963. The monoisotopic (exact) mass is 372 g/mol. The second-order valence-corrected chi connectivity index (χ2v) is 6.19. The molecule has 0 radical (unpaired) electrons. The molecule has 27 heavy (non-hydrogen) atoms. The zero-order valence-electron chi connectivity index (χ0n) is 15.0. The number of nitrogens with zero attached hydrogens (tertiary/aromatic N) is 3. The van der Waals surface area contributed by atoms with Gasteiger partial charge >= 0.3 is 5.69 Å². The highest BCUT2D eigenvalue weighted by molar-refractivity contribution is 6.00. The molecule has 0 bridgehead atoms. The standard InChI is InChI=1S/C18H20N4O5/c1-12-17(25)22(13-3-5-14(27-2)6-4-13)10-9-21(12)16(24)11-20-8-7-15(23)19-18(20)26/h3-8,12H,9-11H2,1-2H3,(H,19,23,26). The molecule has 9 nitrogen and oxygen atoms in total. The molecule has 9 heteroatoms. The molecule has 1 aliphatic heterocycles. The molecule has 1 aromatic heterocycles. The lowest BCUT2D eigenvalue weighted by molar-refractivity contribution is -0.141. The zero-order valence-corrected chi connectivity index (χ0v) is 15.0. The topological polar surface area (TPSA) is 105 Å². The number of carbonyl (C=O) groups excluding carboxylic acids is 2. The predicted molar refractivity (Wildman–Crippen MR) is 97.8 cm³/mol. The minimum Gasteiger partial charge on any atom is -0.497 e. The zero-order chi connectivity index (χ0) is 19.6. The Hall–Kier alpha value is -3.36. The molecule has 1 saturated heterocycles. The Labute approximate surface area is 154 Å². The maximum Gasteiger partial charge on any atom is 0.328 e. The molecule has 0 spiro atoms. The summed E-state index contributed by atoms with van der Waals surface area (Å²) in [5.41, 5.74) is -0.455. The van der Waals surface area contributed by atoms with Crippen LogP contribution in [0, 0.1) is 0 Å². The van der Waals surface area contributed by atoms with Crippen molar-refractivity contribution in [3.05, 3.63) is 57.4 Å². The average molecular weight is 372 g/mol. The molecule has 2 amide bonds. The van der Waals surface area contributed by atoms with Gasteiger partial charge in [0.05, 0.1) is 7.11 Å². The number of ether oxygens (including phenoxy) is 1. The summed E-state index contributed by atoms with van der Waals surface area (Å²) in [4.78, 5) is 53.3. The number of piperazine rings is 1. The van der Waals surface area contributed by atoms with E-state index in [2.05, 4.69) is 4.98 Å². The Balaban J connectivity index is 1.72. The first-order valence-corrected chi connectivity index (χ1v) is 8.45. The van der Waals surface area contributed by atoms with Gasteiger partial charge in [-0.15, -0.1) is 0 Å². The number of aromatic nitrogens is 2. The Morgan fingerprint density at radius 2 is 1.85 bits per heavy atom.